The van der Waals surface area contributed by atoms with Crippen molar-refractivity contribution in [1.82, 2.24) is 10.2 Å². The third kappa shape index (κ3) is 7.35. The molecule has 0 saturated heterocycles. The molecule has 1 unspecified atom stereocenters. The van der Waals surface area contributed by atoms with Crippen molar-refractivity contribution in [2.45, 2.75) is 52.7 Å². The van der Waals surface area contributed by atoms with Crippen LogP contribution in [0.15, 0.2) is 42.5 Å². The van der Waals surface area contributed by atoms with Gasteiger partial charge in [-0.2, -0.15) is 0 Å². The van der Waals surface area contributed by atoms with Gasteiger partial charge in [-0.05, 0) is 62.6 Å². The molecule has 0 aliphatic rings. The first-order valence-corrected chi connectivity index (χ1v) is 13.5. The highest BCUT2D eigenvalue weighted by molar-refractivity contribution is 7.92. The van der Waals surface area contributed by atoms with E-state index in [9.17, 15) is 18.0 Å². The fourth-order valence-electron chi connectivity index (χ4n) is 3.55. The first kappa shape index (κ1) is 28.0. The lowest BCUT2D eigenvalue weighted by Gasteiger charge is -2.33. The molecule has 1 N–H and O–H groups in total. The molecule has 2 aromatic rings. The van der Waals surface area contributed by atoms with Gasteiger partial charge < -0.3 is 10.2 Å². The molecular weight excluding hydrogens is 497 g/mol. The Labute approximate surface area is 212 Å². The second kappa shape index (κ2) is 11.9. The predicted molar refractivity (Wildman–Crippen MR) is 138 cm³/mol. The SMILES string of the molecule is CCC(C(=O)NC(C)C)N(Cc1ccc(Cl)cc1)C(=O)CN(c1cccc(Cl)c1C)S(C)(=O)=O. The summed E-state index contributed by atoms with van der Waals surface area (Å²) in [5.41, 5.74) is 1.61. The minimum Gasteiger partial charge on any atom is -0.352 e. The van der Waals surface area contributed by atoms with E-state index in [0.29, 0.717) is 27.7 Å². The van der Waals surface area contributed by atoms with Crippen LogP contribution in [0.3, 0.4) is 0 Å². The lowest BCUT2D eigenvalue weighted by Crippen LogP contribution is -2.53. The monoisotopic (exact) mass is 527 g/mol. The van der Waals surface area contributed by atoms with Crippen LogP contribution in [0.4, 0.5) is 5.69 Å². The third-order valence-corrected chi connectivity index (χ3v) is 7.06. The number of nitrogens with zero attached hydrogens (tertiary/aromatic N) is 2. The van der Waals surface area contributed by atoms with Crippen LogP contribution in [0.1, 0.15) is 38.3 Å². The van der Waals surface area contributed by atoms with Crippen LogP contribution in [-0.4, -0.2) is 50.0 Å². The predicted octanol–water partition coefficient (Wildman–Crippen LogP) is 4.40. The van der Waals surface area contributed by atoms with E-state index in [4.69, 9.17) is 23.2 Å². The Kier molecular flexibility index (Phi) is 9.79. The minimum atomic E-state index is -3.83. The zero-order valence-corrected chi connectivity index (χ0v) is 22.3. The first-order valence-electron chi connectivity index (χ1n) is 10.9. The molecule has 2 aromatic carbocycles. The Balaban J connectivity index is 2.48. The molecule has 0 aliphatic heterocycles. The van der Waals surface area contributed by atoms with Crippen molar-refractivity contribution >= 4 is 50.7 Å². The molecule has 0 fully saturated rings. The van der Waals surface area contributed by atoms with E-state index < -0.39 is 28.5 Å². The number of benzene rings is 2. The molecule has 2 amide bonds. The van der Waals surface area contributed by atoms with E-state index >= 15 is 0 Å². The first-order chi connectivity index (χ1) is 15.8. The number of hydrogen-bond acceptors (Lipinski definition) is 4. The molecule has 0 saturated carbocycles. The van der Waals surface area contributed by atoms with Crippen molar-refractivity contribution in [1.29, 1.82) is 0 Å². The topological polar surface area (TPSA) is 86.8 Å². The van der Waals surface area contributed by atoms with Gasteiger partial charge >= 0.3 is 0 Å². The van der Waals surface area contributed by atoms with Crippen LogP contribution in [-0.2, 0) is 26.2 Å². The fourth-order valence-corrected chi connectivity index (χ4v) is 4.74. The highest BCUT2D eigenvalue weighted by Gasteiger charge is 2.32. The highest BCUT2D eigenvalue weighted by atomic mass is 35.5. The Morgan fingerprint density at radius 3 is 2.21 bits per heavy atom. The summed E-state index contributed by atoms with van der Waals surface area (Å²) >= 11 is 12.2. The molecule has 2 rings (SSSR count). The van der Waals surface area contributed by atoms with Crippen molar-refractivity contribution in [3.8, 4) is 0 Å². The van der Waals surface area contributed by atoms with E-state index in [1.807, 2.05) is 20.8 Å². The van der Waals surface area contributed by atoms with Gasteiger partial charge in [-0.25, -0.2) is 8.42 Å². The van der Waals surface area contributed by atoms with Crippen LogP contribution in [0, 0.1) is 6.92 Å². The maximum Gasteiger partial charge on any atom is 0.244 e. The van der Waals surface area contributed by atoms with Gasteiger partial charge in [-0.1, -0.05) is 48.3 Å². The zero-order valence-electron chi connectivity index (χ0n) is 20.0. The standard InChI is InChI=1S/C24H31Cl2N3O4S/c1-6-21(24(31)27-16(2)3)28(14-18-10-12-19(25)13-11-18)23(30)15-29(34(5,32)33)22-9-7-8-20(26)17(22)4/h7-13,16,21H,6,14-15H2,1-5H3,(H,27,31). The summed E-state index contributed by atoms with van der Waals surface area (Å²) in [5.74, 6) is -0.810. The fraction of sp³-hybridized carbons (Fsp3) is 0.417. The number of halogens is 2. The molecule has 34 heavy (non-hydrogen) atoms. The lowest BCUT2D eigenvalue weighted by molar-refractivity contribution is -0.140. The smallest absolute Gasteiger partial charge is 0.244 e. The number of sulfonamides is 1. The lowest BCUT2D eigenvalue weighted by atomic mass is 10.1. The zero-order chi connectivity index (χ0) is 25.6. The average Bonchev–Trinajstić information content (AvgIpc) is 2.74. The van der Waals surface area contributed by atoms with E-state index in [2.05, 4.69) is 5.32 Å². The molecule has 0 spiro atoms. The largest absolute Gasteiger partial charge is 0.352 e. The van der Waals surface area contributed by atoms with Gasteiger partial charge in [0.05, 0.1) is 11.9 Å². The quantitative estimate of drug-likeness (QED) is 0.495. The van der Waals surface area contributed by atoms with Crippen LogP contribution in [0.5, 0.6) is 0 Å². The van der Waals surface area contributed by atoms with E-state index in [1.54, 1.807) is 49.4 Å². The second-order valence-electron chi connectivity index (χ2n) is 8.39. The average molecular weight is 529 g/mol. The van der Waals surface area contributed by atoms with E-state index in [1.165, 1.54) is 4.90 Å². The normalized spacial score (nSPS) is 12.4. The maximum absolute atomic E-state index is 13.6. The molecule has 0 aromatic heterocycles. The number of carbonyl (C=O) groups is 2. The van der Waals surface area contributed by atoms with Crippen LogP contribution in [0.25, 0.3) is 0 Å². The Hall–Kier alpha value is -2.29. The Morgan fingerprint density at radius 2 is 1.68 bits per heavy atom. The Bertz CT molecular complexity index is 1120. The number of carbonyl (C=O) groups excluding carboxylic acids is 2. The number of hydrogen-bond donors (Lipinski definition) is 1. The van der Waals surface area contributed by atoms with Gasteiger partial charge in [0.1, 0.15) is 12.6 Å². The molecule has 186 valence electrons. The van der Waals surface area contributed by atoms with Gasteiger partial charge in [0.15, 0.2) is 0 Å². The molecule has 0 radical (unpaired) electrons. The van der Waals surface area contributed by atoms with Crippen molar-refractivity contribution in [3.05, 3.63) is 63.6 Å². The third-order valence-electron chi connectivity index (χ3n) is 5.27. The van der Waals surface area contributed by atoms with Gasteiger partial charge in [0, 0.05) is 22.6 Å². The van der Waals surface area contributed by atoms with Gasteiger partial charge in [-0.3, -0.25) is 13.9 Å². The van der Waals surface area contributed by atoms with Gasteiger partial charge in [0.25, 0.3) is 0 Å². The summed E-state index contributed by atoms with van der Waals surface area (Å²) < 4.78 is 26.4. The molecule has 0 aliphatic carbocycles. The highest BCUT2D eigenvalue weighted by Crippen LogP contribution is 2.28. The van der Waals surface area contributed by atoms with E-state index in [0.717, 1.165) is 16.1 Å². The van der Waals surface area contributed by atoms with Crippen molar-refractivity contribution < 1.29 is 18.0 Å². The molecule has 1 atom stereocenters. The number of amides is 2. The van der Waals surface area contributed by atoms with Crippen LogP contribution < -0.4 is 9.62 Å². The molecule has 0 bridgehead atoms. The molecule has 7 nitrogen and oxygen atoms in total. The van der Waals surface area contributed by atoms with Crippen LogP contribution in [0.2, 0.25) is 10.0 Å². The summed E-state index contributed by atoms with van der Waals surface area (Å²) in [6.45, 7) is 6.82. The van der Waals surface area contributed by atoms with E-state index in [-0.39, 0.29) is 18.5 Å². The van der Waals surface area contributed by atoms with Crippen molar-refractivity contribution in [3.63, 3.8) is 0 Å². The van der Waals surface area contributed by atoms with Crippen molar-refractivity contribution in [2.24, 2.45) is 0 Å². The second-order valence-corrected chi connectivity index (χ2v) is 11.1. The molecule has 10 heteroatoms. The Morgan fingerprint density at radius 1 is 1.06 bits per heavy atom. The van der Waals surface area contributed by atoms with Crippen molar-refractivity contribution in [2.75, 3.05) is 17.1 Å². The number of anilines is 1. The minimum absolute atomic E-state index is 0.115. The summed E-state index contributed by atoms with van der Waals surface area (Å²) in [4.78, 5) is 28.0. The summed E-state index contributed by atoms with van der Waals surface area (Å²) in [7, 11) is -3.83. The number of rotatable bonds is 10. The molecular formula is C24H31Cl2N3O4S. The van der Waals surface area contributed by atoms with Gasteiger partial charge in [0.2, 0.25) is 21.8 Å². The molecule has 0 heterocycles. The van der Waals surface area contributed by atoms with Gasteiger partial charge in [-0.15, -0.1) is 0 Å². The number of nitrogens with one attached hydrogen (secondary N) is 1. The van der Waals surface area contributed by atoms with Crippen LogP contribution >= 0.6 is 23.2 Å². The summed E-state index contributed by atoms with van der Waals surface area (Å²) in [6, 6.07) is 10.9. The maximum atomic E-state index is 13.6. The summed E-state index contributed by atoms with van der Waals surface area (Å²) in [6.07, 6.45) is 1.39. The summed E-state index contributed by atoms with van der Waals surface area (Å²) in [5, 5.41) is 3.79.